The number of nitrogens with one attached hydrogen (secondary N) is 13. The first-order chi connectivity index (χ1) is 60.4. The highest BCUT2D eigenvalue weighted by Gasteiger charge is 2.44. The Balaban J connectivity index is 0.820. The number of ether oxygens (including phenoxy) is 2. The maximum absolute atomic E-state index is 14.2. The van der Waals surface area contributed by atoms with Crippen molar-refractivity contribution in [2.45, 2.75) is 271 Å². The van der Waals surface area contributed by atoms with Gasteiger partial charge in [0.25, 0.3) is 20.2 Å². The number of carbonyl (C=O) groups is 12. The molecule has 0 spiro atoms. The Bertz CT molecular complexity index is 3730. The van der Waals surface area contributed by atoms with Gasteiger partial charge in [-0.3, -0.25) is 57.1 Å². The van der Waals surface area contributed by atoms with Crippen LogP contribution in [0.4, 0.5) is 27.4 Å². The van der Waals surface area contributed by atoms with Gasteiger partial charge in [0, 0.05) is 170 Å². The zero-order chi connectivity index (χ0) is 90.9. The third-order valence-corrected chi connectivity index (χ3v) is 30.8. The molecule has 8 heterocycles. The summed E-state index contributed by atoms with van der Waals surface area (Å²) in [6, 6.07) is -2.57. The topological polar surface area (TPSA) is 555 Å². The normalized spacial score (nSPS) is 20.3. The summed E-state index contributed by atoms with van der Waals surface area (Å²) in [4.78, 5) is 177. The molecule has 712 valence electrons. The molecule has 126 heavy (non-hydrogen) atoms. The van der Waals surface area contributed by atoms with Crippen LogP contribution in [0, 0.1) is 5.92 Å². The van der Waals surface area contributed by atoms with Crippen LogP contribution in [-0.2, 0) is 86.5 Å². The zero-order valence-electron chi connectivity index (χ0n) is 73.3. The van der Waals surface area contributed by atoms with Crippen molar-refractivity contribution in [1.29, 1.82) is 0 Å². The number of urea groups is 2. The van der Waals surface area contributed by atoms with Crippen LogP contribution in [0.5, 0.6) is 0 Å². The Labute approximate surface area is 749 Å². The van der Waals surface area contributed by atoms with E-state index in [9.17, 15) is 83.5 Å². The SMILES string of the molecule is CCO[Si](C)(CCCCC(=O)CCCOCCOCCNC(=O)C1CCN(c2nc(N3CCC(NC(=O)C(CC(=O)NCCS(=O)(=O)O)NC(=O)CCCCCNC(=O)CCCCC4SC[C@@H]5NC(=O)N[C@H]45)CC3)nc(N3CCC(NC(=O)C(CC(=O)NCCS(=O)(=O)O)NC(=O)CCCCCNC(=O)CCCCC4SC[C@H]5NC(=O)N[C@@H]45)CC3)n2)CC1)OCC. The minimum Gasteiger partial charge on any atom is -0.395 e. The third kappa shape index (κ3) is 39.0. The number of piperidine rings is 3. The molecular weight excluding hydrogens is 1740 g/mol. The summed E-state index contributed by atoms with van der Waals surface area (Å²) >= 11 is 3.66. The average Bonchev–Trinajstić information content (AvgIpc) is 1.02. The second-order valence-electron chi connectivity index (χ2n) is 33.4. The van der Waals surface area contributed by atoms with Gasteiger partial charge in [-0.15, -0.1) is 0 Å². The van der Waals surface area contributed by atoms with E-state index in [1.54, 1.807) is 0 Å². The monoisotopic (exact) mass is 1870 g/mol. The molecule has 41 nitrogen and oxygen atoms in total. The number of anilines is 3. The lowest BCUT2D eigenvalue weighted by molar-refractivity contribution is -0.132. The van der Waals surface area contributed by atoms with Gasteiger partial charge < -0.3 is 102 Å². The number of rotatable bonds is 61. The highest BCUT2D eigenvalue weighted by Crippen LogP contribution is 2.35. The lowest BCUT2D eigenvalue weighted by Crippen LogP contribution is -2.54. The first-order valence-electron chi connectivity index (χ1n) is 45.2. The van der Waals surface area contributed by atoms with Crippen molar-refractivity contribution < 1.29 is 102 Å². The van der Waals surface area contributed by atoms with E-state index < -0.39 is 126 Å². The second-order valence-corrected chi connectivity index (χ2v) is 42.4. The Morgan fingerprint density at radius 3 is 1.29 bits per heavy atom. The average molecular weight is 1870 g/mol. The molecule has 13 amide bonds. The number of Topliss-reactive ketones (excluding diaryl/α,β-unsaturated/α-hetero) is 1. The number of hydrogen-bond donors (Lipinski definition) is 15. The van der Waals surface area contributed by atoms with E-state index in [2.05, 4.69) is 75.7 Å². The van der Waals surface area contributed by atoms with E-state index in [1.807, 2.05) is 52.1 Å². The number of ketones is 1. The van der Waals surface area contributed by atoms with Crippen LogP contribution in [0.25, 0.3) is 0 Å². The van der Waals surface area contributed by atoms with Gasteiger partial charge >= 0.3 is 20.6 Å². The van der Waals surface area contributed by atoms with Crippen molar-refractivity contribution in [2.75, 3.05) is 149 Å². The van der Waals surface area contributed by atoms with Crippen LogP contribution in [0.1, 0.15) is 200 Å². The fourth-order valence-corrected chi connectivity index (χ4v) is 22.7. The Kier molecular flexibility index (Phi) is 45.1. The van der Waals surface area contributed by atoms with Crippen molar-refractivity contribution in [3.8, 4) is 0 Å². The molecule has 7 fully saturated rings. The lowest BCUT2D eigenvalue weighted by atomic mass is 9.96. The predicted molar refractivity (Wildman–Crippen MR) is 477 cm³/mol. The molecule has 0 saturated carbocycles. The third-order valence-electron chi connectivity index (χ3n) is 23.3. The summed E-state index contributed by atoms with van der Waals surface area (Å²) in [6.07, 6.45) is 13.4. The minimum absolute atomic E-state index is 0.00284. The largest absolute Gasteiger partial charge is 0.395 e. The van der Waals surface area contributed by atoms with E-state index in [4.69, 9.17) is 33.3 Å². The molecule has 0 aromatic carbocycles. The molecule has 46 heteroatoms. The summed E-state index contributed by atoms with van der Waals surface area (Å²) in [5, 5.41) is 37.5. The number of unbranched alkanes of at least 4 members (excludes halogenated alkanes) is 7. The summed E-state index contributed by atoms with van der Waals surface area (Å²) < 4.78 is 87.7. The molecule has 0 radical (unpaired) electrons. The van der Waals surface area contributed by atoms with Gasteiger partial charge in [-0.2, -0.15) is 55.3 Å². The van der Waals surface area contributed by atoms with Crippen LogP contribution in [0.3, 0.4) is 0 Å². The maximum atomic E-state index is 14.2. The standard InChI is InChI=1S/C80H137N19O22S4Si/c1-4-120-126(3,121-5-2)50-17-14-19-58(100)20-18-44-118-46-47-119-45-35-85-73(107)55-27-38-97(39-28-55)76-94-77(98-40-29-56(30-41-98)86-74(108)59(51-69(105)83-36-48-124(112,113)114)88-67(103)25-8-6-15-33-81-65(101)23-12-10-21-63-71-61(53-122-63)90-79(110)92-71)96-78(95-76)99-42-31-57(32-43-99)87-75(109)60(52-70(106)84-37-49-125(115,116)117)89-68(104)26-9-7-16-34-82-66(102)24-13-11-22-64-72-62(54-123-64)91-80(111)93-72/h55-57,59-64,71-72H,4-54H2,1-3H3,(H,81,101)(H,82,102)(H,83,105)(H,84,106)(H,85,107)(H,86,108)(H,87,109)(H,88,103)(H,89,104)(H2,90,92,110)(H2,91,93,111)(H,112,113,114)(H,115,116,117)/t59?,60?,61-,62+,63?,64?,71-,72+. The van der Waals surface area contributed by atoms with E-state index in [1.165, 1.54) is 0 Å². The Hall–Kier alpha value is -7.57. The molecule has 7 aliphatic rings. The quantitative estimate of drug-likeness (QED) is 0.0191. The Morgan fingerprint density at radius 2 is 0.857 bits per heavy atom. The fourth-order valence-electron chi connectivity index (χ4n) is 16.4. The van der Waals surface area contributed by atoms with Crippen LogP contribution in [0.2, 0.25) is 12.6 Å². The number of fused-ring (bicyclic) bond motifs is 2. The van der Waals surface area contributed by atoms with Gasteiger partial charge in [-0.05, 0) is 129 Å². The molecule has 8 atom stereocenters. The second kappa shape index (κ2) is 54.8. The molecular formula is C80H137N19O22S4Si. The molecule has 1 aromatic rings. The molecule has 15 N–H and O–H groups in total. The van der Waals surface area contributed by atoms with Gasteiger partial charge in [-0.1, -0.05) is 32.1 Å². The van der Waals surface area contributed by atoms with Crippen LogP contribution in [0.15, 0.2) is 0 Å². The van der Waals surface area contributed by atoms with E-state index in [0.29, 0.717) is 236 Å². The number of amides is 13. The van der Waals surface area contributed by atoms with Crippen molar-refractivity contribution in [3.63, 3.8) is 0 Å². The fraction of sp³-hybridized carbons (Fsp3) is 0.812. The summed E-state index contributed by atoms with van der Waals surface area (Å²) in [6.45, 7) is 10.9. The lowest BCUT2D eigenvalue weighted by Gasteiger charge is -2.36. The zero-order valence-corrected chi connectivity index (χ0v) is 77.6. The van der Waals surface area contributed by atoms with E-state index in [-0.39, 0.29) is 91.6 Å². The molecule has 7 aliphatic heterocycles. The molecule has 8 rings (SSSR count). The van der Waals surface area contributed by atoms with E-state index >= 15 is 0 Å². The number of aromatic nitrogens is 3. The predicted octanol–water partition coefficient (Wildman–Crippen LogP) is 1.63. The van der Waals surface area contributed by atoms with Crippen LogP contribution in [-0.4, -0.2) is 314 Å². The van der Waals surface area contributed by atoms with Crippen LogP contribution >= 0.6 is 23.5 Å². The summed E-state index contributed by atoms with van der Waals surface area (Å²) in [5.74, 6) is -3.02. The number of carbonyl (C=O) groups excluding carboxylic acids is 12. The molecule has 0 aliphatic carbocycles. The van der Waals surface area contributed by atoms with Crippen molar-refractivity contribution in [3.05, 3.63) is 0 Å². The van der Waals surface area contributed by atoms with Gasteiger partial charge in [0.1, 0.15) is 17.9 Å². The van der Waals surface area contributed by atoms with Gasteiger partial charge in [0.15, 0.2) is 0 Å². The number of hydrogen-bond acceptors (Lipinski definition) is 28. The first-order valence-corrected chi connectivity index (χ1v) is 53.0. The van der Waals surface area contributed by atoms with Crippen molar-refractivity contribution in [2.24, 2.45) is 5.92 Å². The highest BCUT2D eigenvalue weighted by molar-refractivity contribution is 8.00. The molecule has 0 bridgehead atoms. The highest BCUT2D eigenvalue weighted by atomic mass is 32.2. The number of thioether (sulfide) groups is 2. The number of nitrogens with zero attached hydrogens (tertiary/aromatic N) is 6. The Morgan fingerprint density at radius 1 is 0.460 bits per heavy atom. The first kappa shape index (κ1) is 104. The summed E-state index contributed by atoms with van der Waals surface area (Å²) in [7, 11) is -11.1. The van der Waals surface area contributed by atoms with Crippen LogP contribution < -0.4 is 83.8 Å². The molecule has 7 saturated heterocycles. The minimum atomic E-state index is -4.43. The van der Waals surface area contributed by atoms with Crippen molar-refractivity contribution in [1.82, 2.24) is 84.1 Å². The summed E-state index contributed by atoms with van der Waals surface area (Å²) in [5.41, 5.74) is 0. The maximum Gasteiger partial charge on any atom is 0.334 e. The smallest absolute Gasteiger partial charge is 0.334 e. The molecule has 4 unspecified atom stereocenters. The molecule has 1 aromatic heterocycles. The van der Waals surface area contributed by atoms with Gasteiger partial charge in [0.05, 0.1) is 68.3 Å². The van der Waals surface area contributed by atoms with Gasteiger partial charge in [-0.25, -0.2) is 9.59 Å². The van der Waals surface area contributed by atoms with Gasteiger partial charge in [0.2, 0.25) is 71.0 Å². The van der Waals surface area contributed by atoms with Crippen molar-refractivity contribution >= 4 is 141 Å². The van der Waals surface area contributed by atoms with E-state index in [0.717, 1.165) is 56.1 Å².